The third-order valence-corrected chi connectivity index (χ3v) is 4.75. The summed E-state index contributed by atoms with van der Waals surface area (Å²) >= 11 is 1.85. The quantitative estimate of drug-likeness (QED) is 0.750. The molecule has 2 atom stereocenters. The number of benzene rings is 1. The molecule has 1 N–H and O–H groups in total. The fourth-order valence-electron chi connectivity index (χ4n) is 2.89. The minimum Gasteiger partial charge on any atom is -0.326 e. The highest BCUT2D eigenvalue weighted by Gasteiger charge is 2.36. The van der Waals surface area contributed by atoms with Crippen molar-refractivity contribution in [3.05, 3.63) is 35.9 Å². The maximum Gasteiger partial charge on any atom is 0.241 e. The van der Waals surface area contributed by atoms with Crippen molar-refractivity contribution in [3.63, 3.8) is 0 Å². The van der Waals surface area contributed by atoms with Crippen LogP contribution < -0.4 is 5.32 Å². The van der Waals surface area contributed by atoms with Crippen LogP contribution in [0.5, 0.6) is 0 Å². The Kier molecular flexibility index (Phi) is 6.58. The fraction of sp³-hybridized carbons (Fsp3) is 0.588. The number of carbonyl (C=O) groups excluding carboxylic acids is 1. The van der Waals surface area contributed by atoms with Crippen LogP contribution in [0.15, 0.2) is 30.3 Å². The molecule has 0 bridgehead atoms. The first-order valence-electron chi connectivity index (χ1n) is 7.85. The summed E-state index contributed by atoms with van der Waals surface area (Å²) in [4.78, 5) is 14.6. The molecule has 3 nitrogen and oxygen atoms in total. The average molecular weight is 306 g/mol. The maximum atomic E-state index is 12.5. The van der Waals surface area contributed by atoms with E-state index in [1.165, 1.54) is 5.56 Å². The molecule has 1 aliphatic heterocycles. The van der Waals surface area contributed by atoms with Gasteiger partial charge >= 0.3 is 0 Å². The Morgan fingerprint density at radius 2 is 2.05 bits per heavy atom. The molecule has 1 fully saturated rings. The standard InChI is InChI=1S/C17H26N2OS/c1-3-16-18-15(11-10-14-8-5-4-6-9-14)17(20)19(16)12-7-13-21-2/h4-6,8-9,15-16,18H,3,7,10-13H2,1-2H3. The first-order chi connectivity index (χ1) is 10.3. The van der Waals surface area contributed by atoms with Crippen LogP contribution in [0.3, 0.4) is 0 Å². The van der Waals surface area contributed by atoms with Crippen LogP contribution in [0.2, 0.25) is 0 Å². The molecule has 1 amide bonds. The van der Waals surface area contributed by atoms with Crippen LogP contribution in [-0.4, -0.2) is 41.6 Å². The zero-order valence-corrected chi connectivity index (χ0v) is 13.9. The molecule has 2 rings (SSSR count). The predicted octanol–water partition coefficient (Wildman–Crippen LogP) is 2.91. The van der Waals surface area contributed by atoms with E-state index < -0.39 is 0 Å². The highest BCUT2D eigenvalue weighted by molar-refractivity contribution is 7.98. The molecule has 1 heterocycles. The average Bonchev–Trinajstić information content (AvgIpc) is 2.83. The van der Waals surface area contributed by atoms with E-state index in [0.29, 0.717) is 5.91 Å². The van der Waals surface area contributed by atoms with E-state index in [4.69, 9.17) is 0 Å². The Hall–Kier alpha value is -1.00. The van der Waals surface area contributed by atoms with Crippen molar-refractivity contribution in [1.82, 2.24) is 10.2 Å². The van der Waals surface area contributed by atoms with Crippen molar-refractivity contribution >= 4 is 17.7 Å². The second-order valence-electron chi connectivity index (χ2n) is 5.55. The van der Waals surface area contributed by atoms with Crippen molar-refractivity contribution in [2.24, 2.45) is 0 Å². The van der Waals surface area contributed by atoms with Crippen LogP contribution in [0.25, 0.3) is 0 Å². The Balaban J connectivity index is 1.88. The number of hydrogen-bond donors (Lipinski definition) is 1. The van der Waals surface area contributed by atoms with Crippen LogP contribution in [0.4, 0.5) is 0 Å². The van der Waals surface area contributed by atoms with Crippen LogP contribution in [-0.2, 0) is 11.2 Å². The van der Waals surface area contributed by atoms with E-state index in [1.54, 1.807) is 0 Å². The largest absolute Gasteiger partial charge is 0.326 e. The van der Waals surface area contributed by atoms with E-state index in [1.807, 2.05) is 22.7 Å². The van der Waals surface area contributed by atoms with E-state index in [-0.39, 0.29) is 12.2 Å². The molecule has 2 unspecified atom stereocenters. The predicted molar refractivity (Wildman–Crippen MR) is 90.5 cm³/mol. The van der Waals surface area contributed by atoms with Gasteiger partial charge < -0.3 is 4.90 Å². The lowest BCUT2D eigenvalue weighted by Crippen LogP contribution is -2.37. The number of rotatable bonds is 8. The number of nitrogens with zero attached hydrogens (tertiary/aromatic N) is 1. The van der Waals surface area contributed by atoms with Gasteiger partial charge in [-0.25, -0.2) is 0 Å². The molecule has 1 aliphatic rings. The Bertz CT molecular complexity index is 438. The molecule has 0 radical (unpaired) electrons. The minimum absolute atomic E-state index is 0.00978. The summed E-state index contributed by atoms with van der Waals surface area (Å²) in [5, 5.41) is 3.51. The highest BCUT2D eigenvalue weighted by Crippen LogP contribution is 2.18. The topological polar surface area (TPSA) is 32.3 Å². The van der Waals surface area contributed by atoms with Crippen molar-refractivity contribution in [3.8, 4) is 0 Å². The van der Waals surface area contributed by atoms with Crippen molar-refractivity contribution < 1.29 is 4.79 Å². The number of aryl methyl sites for hydroxylation is 1. The lowest BCUT2D eigenvalue weighted by molar-refractivity contribution is -0.130. The van der Waals surface area contributed by atoms with Gasteiger partial charge in [0.25, 0.3) is 0 Å². The molecule has 1 aromatic rings. The lowest BCUT2D eigenvalue weighted by Gasteiger charge is -2.22. The number of hydrogen-bond acceptors (Lipinski definition) is 3. The summed E-state index contributed by atoms with van der Waals surface area (Å²) in [6, 6.07) is 10.4. The molecule has 0 spiro atoms. The van der Waals surface area contributed by atoms with E-state index in [0.717, 1.165) is 38.0 Å². The van der Waals surface area contributed by atoms with Crippen LogP contribution in [0, 0.1) is 0 Å². The second kappa shape index (κ2) is 8.44. The van der Waals surface area contributed by atoms with Gasteiger partial charge in [0.1, 0.15) is 0 Å². The minimum atomic E-state index is -0.00978. The molecule has 21 heavy (non-hydrogen) atoms. The first-order valence-corrected chi connectivity index (χ1v) is 9.25. The smallest absolute Gasteiger partial charge is 0.241 e. The number of amides is 1. The second-order valence-corrected chi connectivity index (χ2v) is 6.53. The van der Waals surface area contributed by atoms with Gasteiger partial charge in [0.2, 0.25) is 5.91 Å². The normalized spacial score (nSPS) is 22.0. The molecule has 0 aliphatic carbocycles. The molecular formula is C17H26N2OS. The number of carbonyl (C=O) groups is 1. The zero-order chi connectivity index (χ0) is 15.1. The van der Waals surface area contributed by atoms with Gasteiger partial charge in [-0.3, -0.25) is 10.1 Å². The fourth-order valence-corrected chi connectivity index (χ4v) is 3.31. The van der Waals surface area contributed by atoms with Gasteiger partial charge in [-0.15, -0.1) is 0 Å². The van der Waals surface area contributed by atoms with Gasteiger partial charge in [-0.2, -0.15) is 11.8 Å². The van der Waals surface area contributed by atoms with E-state index >= 15 is 0 Å². The molecule has 1 aromatic carbocycles. The van der Waals surface area contributed by atoms with Crippen molar-refractivity contribution in [2.45, 2.75) is 44.8 Å². The Morgan fingerprint density at radius 3 is 2.71 bits per heavy atom. The molecule has 116 valence electrons. The molecular weight excluding hydrogens is 280 g/mol. The van der Waals surface area contributed by atoms with Gasteiger partial charge in [-0.1, -0.05) is 37.3 Å². The summed E-state index contributed by atoms with van der Waals surface area (Å²) in [7, 11) is 0. The summed E-state index contributed by atoms with van der Waals surface area (Å²) in [5.41, 5.74) is 1.31. The van der Waals surface area contributed by atoms with Crippen molar-refractivity contribution in [2.75, 3.05) is 18.6 Å². The van der Waals surface area contributed by atoms with Gasteiger partial charge in [0.05, 0.1) is 12.2 Å². The third-order valence-electron chi connectivity index (χ3n) is 4.05. The maximum absolute atomic E-state index is 12.5. The molecule has 1 saturated heterocycles. The zero-order valence-electron chi connectivity index (χ0n) is 13.0. The molecule has 4 heteroatoms. The SMILES string of the molecule is CCC1NC(CCc2ccccc2)C(=O)N1CCCSC. The van der Waals surface area contributed by atoms with Gasteiger partial charge in [0.15, 0.2) is 0 Å². The summed E-state index contributed by atoms with van der Waals surface area (Å²) < 4.78 is 0. The summed E-state index contributed by atoms with van der Waals surface area (Å²) in [6.45, 7) is 3.03. The summed E-state index contributed by atoms with van der Waals surface area (Å²) in [6.07, 6.45) is 6.24. The summed E-state index contributed by atoms with van der Waals surface area (Å²) in [5.74, 6) is 1.41. The molecule has 0 aromatic heterocycles. The van der Waals surface area contributed by atoms with Crippen LogP contribution >= 0.6 is 11.8 Å². The monoisotopic (exact) mass is 306 g/mol. The highest BCUT2D eigenvalue weighted by atomic mass is 32.2. The van der Waals surface area contributed by atoms with Crippen LogP contribution in [0.1, 0.15) is 31.7 Å². The number of nitrogens with one attached hydrogen (secondary N) is 1. The number of thioether (sulfide) groups is 1. The van der Waals surface area contributed by atoms with E-state index in [2.05, 4.69) is 42.8 Å². The Labute approximate surface area is 132 Å². The molecule has 0 saturated carbocycles. The van der Waals surface area contributed by atoms with Crippen molar-refractivity contribution in [1.29, 1.82) is 0 Å². The van der Waals surface area contributed by atoms with E-state index in [9.17, 15) is 4.79 Å². The first kappa shape index (κ1) is 16.4. The Morgan fingerprint density at radius 1 is 1.29 bits per heavy atom. The van der Waals surface area contributed by atoms with Gasteiger partial charge in [0, 0.05) is 6.54 Å². The van der Waals surface area contributed by atoms with Gasteiger partial charge in [-0.05, 0) is 43.3 Å². The lowest BCUT2D eigenvalue weighted by atomic mass is 10.1. The third kappa shape index (κ3) is 4.48.